The maximum absolute atomic E-state index is 12.1. The monoisotopic (exact) mass is 277 g/mol. The van der Waals surface area contributed by atoms with Gasteiger partial charge in [0, 0.05) is 24.3 Å². The number of hydrogen-bond acceptors (Lipinski definition) is 4. The van der Waals surface area contributed by atoms with E-state index in [9.17, 15) is 9.59 Å². The molecule has 0 bridgehead atoms. The zero-order chi connectivity index (χ0) is 15.1. The van der Waals surface area contributed by atoms with Crippen molar-refractivity contribution in [1.82, 2.24) is 10.2 Å². The molecule has 1 amide bonds. The molecule has 1 aromatic carbocycles. The lowest BCUT2D eigenvalue weighted by Gasteiger charge is -2.18. The molecule has 0 unspecified atom stereocenters. The number of nitrogens with one attached hydrogen (secondary N) is 1. The van der Waals surface area contributed by atoms with Crippen molar-refractivity contribution >= 4 is 17.4 Å². The van der Waals surface area contributed by atoms with Crippen LogP contribution in [-0.2, 0) is 0 Å². The summed E-state index contributed by atoms with van der Waals surface area (Å²) in [5.74, 6) is -0.395. The maximum atomic E-state index is 12.1. The van der Waals surface area contributed by atoms with Crippen LogP contribution in [-0.4, -0.2) is 42.8 Å². The van der Waals surface area contributed by atoms with Gasteiger partial charge in [0.1, 0.15) is 0 Å². The molecule has 1 aromatic rings. The Morgan fingerprint density at radius 2 is 1.85 bits per heavy atom. The molecule has 3 N–H and O–H groups in total. The fraction of sp³-hybridized carbons (Fsp3) is 0.467. The van der Waals surface area contributed by atoms with E-state index in [1.165, 1.54) is 6.92 Å². The number of nitrogens with two attached hydrogens (primary N) is 1. The Labute approximate surface area is 120 Å². The summed E-state index contributed by atoms with van der Waals surface area (Å²) in [5, 5.41) is 2.84. The molecule has 0 aliphatic heterocycles. The number of amides is 1. The van der Waals surface area contributed by atoms with Crippen LogP contribution >= 0.6 is 0 Å². The molecule has 20 heavy (non-hydrogen) atoms. The molecular formula is C15H23N3O2. The highest BCUT2D eigenvalue weighted by Crippen LogP contribution is 2.14. The Balaban J connectivity index is 2.70. The number of anilines is 1. The van der Waals surface area contributed by atoms with Crippen LogP contribution in [0.1, 0.15) is 41.5 Å². The van der Waals surface area contributed by atoms with Crippen LogP contribution in [0, 0.1) is 0 Å². The van der Waals surface area contributed by atoms with Crippen molar-refractivity contribution in [3.63, 3.8) is 0 Å². The van der Waals surface area contributed by atoms with Gasteiger partial charge in [0.15, 0.2) is 5.78 Å². The van der Waals surface area contributed by atoms with Crippen LogP contribution in [0.4, 0.5) is 5.69 Å². The summed E-state index contributed by atoms with van der Waals surface area (Å²) in [6.45, 7) is 8.85. The fourth-order valence-electron chi connectivity index (χ4n) is 2.01. The molecule has 0 heterocycles. The predicted molar refractivity (Wildman–Crippen MR) is 81.0 cm³/mol. The van der Waals surface area contributed by atoms with E-state index in [0.717, 1.165) is 19.6 Å². The zero-order valence-electron chi connectivity index (χ0n) is 12.4. The summed E-state index contributed by atoms with van der Waals surface area (Å²) in [5.41, 5.74) is 6.88. The van der Waals surface area contributed by atoms with Crippen molar-refractivity contribution in [1.29, 1.82) is 0 Å². The molecule has 110 valence electrons. The number of rotatable bonds is 7. The molecule has 0 radical (unpaired) electrons. The number of nitrogens with zero attached hydrogens (tertiary/aromatic N) is 1. The van der Waals surface area contributed by atoms with Gasteiger partial charge in [-0.05, 0) is 38.2 Å². The number of Topliss-reactive ketones (excluding diaryl/α,β-unsaturated/α-hetero) is 1. The first-order chi connectivity index (χ1) is 9.49. The molecule has 0 aromatic heterocycles. The quantitative estimate of drug-likeness (QED) is 0.585. The minimum Gasteiger partial charge on any atom is -0.399 e. The van der Waals surface area contributed by atoms with Crippen LogP contribution in [0.2, 0.25) is 0 Å². The van der Waals surface area contributed by atoms with Crippen LogP contribution in [0.25, 0.3) is 0 Å². The Morgan fingerprint density at radius 1 is 1.20 bits per heavy atom. The smallest absolute Gasteiger partial charge is 0.252 e. The van der Waals surface area contributed by atoms with E-state index in [0.29, 0.717) is 23.4 Å². The molecule has 0 spiro atoms. The van der Waals surface area contributed by atoms with E-state index >= 15 is 0 Å². The second kappa shape index (κ2) is 7.65. The highest BCUT2D eigenvalue weighted by Gasteiger charge is 2.14. The summed E-state index contributed by atoms with van der Waals surface area (Å²) < 4.78 is 0. The number of likely N-dealkylation sites (N-methyl/N-ethyl adjacent to an activating group) is 1. The normalized spacial score (nSPS) is 10.6. The largest absolute Gasteiger partial charge is 0.399 e. The van der Waals surface area contributed by atoms with Gasteiger partial charge in [-0.15, -0.1) is 0 Å². The Morgan fingerprint density at radius 3 is 2.40 bits per heavy atom. The van der Waals surface area contributed by atoms with E-state index in [-0.39, 0.29) is 11.7 Å². The second-order valence-corrected chi connectivity index (χ2v) is 4.64. The molecule has 5 nitrogen and oxygen atoms in total. The Hall–Kier alpha value is -1.88. The number of hydrogen-bond donors (Lipinski definition) is 2. The lowest BCUT2D eigenvalue weighted by Crippen LogP contribution is -2.35. The average Bonchev–Trinajstić information content (AvgIpc) is 2.43. The molecule has 0 aliphatic rings. The molecule has 0 atom stereocenters. The Kier molecular flexibility index (Phi) is 6.18. The van der Waals surface area contributed by atoms with E-state index in [2.05, 4.69) is 24.1 Å². The van der Waals surface area contributed by atoms with Crippen molar-refractivity contribution in [2.24, 2.45) is 0 Å². The SMILES string of the molecule is CCN(CC)CCNC(=O)c1ccc(N)cc1C(C)=O. The van der Waals surface area contributed by atoms with Gasteiger partial charge < -0.3 is 16.0 Å². The Bertz CT molecular complexity index is 482. The third-order valence-corrected chi connectivity index (χ3v) is 3.28. The molecule has 0 aliphatic carbocycles. The van der Waals surface area contributed by atoms with E-state index in [4.69, 9.17) is 5.73 Å². The van der Waals surface area contributed by atoms with Gasteiger partial charge >= 0.3 is 0 Å². The van der Waals surface area contributed by atoms with Crippen LogP contribution in [0.15, 0.2) is 18.2 Å². The average molecular weight is 277 g/mol. The topological polar surface area (TPSA) is 75.4 Å². The van der Waals surface area contributed by atoms with Gasteiger partial charge in [-0.25, -0.2) is 0 Å². The third-order valence-electron chi connectivity index (χ3n) is 3.28. The van der Waals surface area contributed by atoms with Gasteiger partial charge in [0.05, 0.1) is 5.56 Å². The number of nitrogen functional groups attached to an aromatic ring is 1. The third kappa shape index (κ3) is 4.35. The lowest BCUT2D eigenvalue weighted by molar-refractivity contribution is 0.0935. The van der Waals surface area contributed by atoms with Gasteiger partial charge in [-0.3, -0.25) is 9.59 Å². The second-order valence-electron chi connectivity index (χ2n) is 4.64. The summed E-state index contributed by atoms with van der Waals surface area (Å²) in [7, 11) is 0. The van der Waals surface area contributed by atoms with Gasteiger partial charge in [0.2, 0.25) is 0 Å². The predicted octanol–water partition coefficient (Wildman–Crippen LogP) is 1.54. The minimum atomic E-state index is -0.234. The highest BCUT2D eigenvalue weighted by molar-refractivity contribution is 6.07. The van der Waals surface area contributed by atoms with E-state index in [1.807, 2.05) is 0 Å². The number of benzene rings is 1. The lowest BCUT2D eigenvalue weighted by atomic mass is 10.0. The van der Waals surface area contributed by atoms with Crippen molar-refractivity contribution in [3.05, 3.63) is 29.3 Å². The molecule has 5 heteroatoms. The summed E-state index contributed by atoms with van der Waals surface area (Å²) in [4.78, 5) is 25.9. The van der Waals surface area contributed by atoms with Crippen molar-refractivity contribution < 1.29 is 9.59 Å². The van der Waals surface area contributed by atoms with Crippen molar-refractivity contribution in [2.45, 2.75) is 20.8 Å². The fourth-order valence-corrected chi connectivity index (χ4v) is 2.01. The number of carbonyl (C=O) groups is 2. The van der Waals surface area contributed by atoms with Gasteiger partial charge in [0.25, 0.3) is 5.91 Å². The summed E-state index contributed by atoms with van der Waals surface area (Å²) in [6.07, 6.45) is 0. The first-order valence-corrected chi connectivity index (χ1v) is 6.90. The number of ketones is 1. The first-order valence-electron chi connectivity index (χ1n) is 6.90. The summed E-state index contributed by atoms with van der Waals surface area (Å²) >= 11 is 0. The minimum absolute atomic E-state index is 0.161. The highest BCUT2D eigenvalue weighted by atomic mass is 16.2. The molecule has 0 saturated heterocycles. The molecule has 0 saturated carbocycles. The zero-order valence-corrected chi connectivity index (χ0v) is 12.4. The van der Waals surface area contributed by atoms with Crippen molar-refractivity contribution in [2.75, 3.05) is 31.9 Å². The van der Waals surface area contributed by atoms with Gasteiger partial charge in [-0.1, -0.05) is 13.8 Å². The van der Waals surface area contributed by atoms with Gasteiger partial charge in [-0.2, -0.15) is 0 Å². The first kappa shape index (κ1) is 16.2. The van der Waals surface area contributed by atoms with Crippen LogP contribution in [0.3, 0.4) is 0 Å². The molecular weight excluding hydrogens is 254 g/mol. The van der Waals surface area contributed by atoms with Crippen molar-refractivity contribution in [3.8, 4) is 0 Å². The van der Waals surface area contributed by atoms with Crippen LogP contribution < -0.4 is 11.1 Å². The molecule has 1 rings (SSSR count). The molecule has 0 fully saturated rings. The van der Waals surface area contributed by atoms with E-state index in [1.54, 1.807) is 18.2 Å². The summed E-state index contributed by atoms with van der Waals surface area (Å²) in [6, 6.07) is 4.77. The van der Waals surface area contributed by atoms with E-state index < -0.39 is 0 Å². The number of carbonyl (C=O) groups excluding carboxylic acids is 2. The standard InChI is InChI=1S/C15H23N3O2/c1-4-18(5-2)9-8-17-15(20)13-7-6-12(16)10-14(13)11(3)19/h6-7,10H,4-5,8-9,16H2,1-3H3,(H,17,20). The van der Waals surface area contributed by atoms with Crippen LogP contribution in [0.5, 0.6) is 0 Å². The maximum Gasteiger partial charge on any atom is 0.252 e.